The van der Waals surface area contributed by atoms with E-state index < -0.39 is 9.84 Å². The third-order valence-corrected chi connectivity index (χ3v) is 4.97. The molecule has 0 aromatic heterocycles. The molecular weight excluding hydrogens is 210 g/mol. The zero-order valence-corrected chi connectivity index (χ0v) is 9.55. The van der Waals surface area contributed by atoms with Gasteiger partial charge in [0.25, 0.3) is 0 Å². The van der Waals surface area contributed by atoms with Crippen molar-refractivity contribution in [2.24, 2.45) is 5.73 Å². The van der Waals surface area contributed by atoms with Gasteiger partial charge in [-0.05, 0) is 36.9 Å². The summed E-state index contributed by atoms with van der Waals surface area (Å²) in [7, 11) is -3.07. The second kappa shape index (κ2) is 3.61. The lowest BCUT2D eigenvalue weighted by molar-refractivity contribution is 0.564. The summed E-state index contributed by atoms with van der Waals surface area (Å²) in [5, 5.41) is 0. The predicted molar refractivity (Wildman–Crippen MR) is 59.6 cm³/mol. The Bertz CT molecular complexity index is 479. The highest BCUT2D eigenvalue weighted by molar-refractivity contribution is 7.91. The molecule has 82 valence electrons. The normalized spacial score (nSPS) is 23.5. The molecule has 0 saturated heterocycles. The first-order chi connectivity index (χ1) is 7.06. The average molecular weight is 225 g/mol. The van der Waals surface area contributed by atoms with Crippen LogP contribution in [0.5, 0.6) is 0 Å². The summed E-state index contributed by atoms with van der Waals surface area (Å²) in [6, 6.07) is 5.63. The largest absolute Gasteiger partial charge is 0.330 e. The fraction of sp³-hybridized carbons (Fsp3) is 0.455. The van der Waals surface area contributed by atoms with Gasteiger partial charge in [-0.2, -0.15) is 0 Å². The molecule has 1 aliphatic heterocycles. The van der Waals surface area contributed by atoms with E-state index in [1.165, 1.54) is 0 Å². The van der Waals surface area contributed by atoms with Crippen LogP contribution in [0.15, 0.2) is 23.1 Å². The molecular formula is C11H15NO2S. The van der Waals surface area contributed by atoms with Crippen molar-refractivity contribution in [2.75, 3.05) is 12.3 Å². The molecule has 0 radical (unpaired) electrons. The smallest absolute Gasteiger partial charge is 0.178 e. The molecule has 1 unspecified atom stereocenters. The van der Waals surface area contributed by atoms with Gasteiger partial charge in [0.05, 0.1) is 10.6 Å². The summed E-state index contributed by atoms with van der Waals surface area (Å²) in [5.41, 5.74) is 7.41. The Morgan fingerprint density at radius 2 is 2.20 bits per heavy atom. The van der Waals surface area contributed by atoms with E-state index in [1.54, 1.807) is 0 Å². The summed E-state index contributed by atoms with van der Waals surface area (Å²) in [6.07, 6.45) is 0.648. The van der Waals surface area contributed by atoms with Gasteiger partial charge in [0.15, 0.2) is 9.84 Å². The molecule has 0 amide bonds. The van der Waals surface area contributed by atoms with Crippen molar-refractivity contribution < 1.29 is 8.42 Å². The second-order valence-electron chi connectivity index (χ2n) is 4.03. The van der Waals surface area contributed by atoms with Crippen LogP contribution in [-0.4, -0.2) is 20.7 Å². The monoisotopic (exact) mass is 225 g/mol. The summed E-state index contributed by atoms with van der Waals surface area (Å²) >= 11 is 0. The Balaban J connectivity index is 2.69. The molecule has 15 heavy (non-hydrogen) atoms. The third-order valence-electron chi connectivity index (χ3n) is 3.01. The summed E-state index contributed by atoms with van der Waals surface area (Å²) in [6.45, 7) is 2.36. The fourth-order valence-corrected chi connectivity index (χ4v) is 4.17. The van der Waals surface area contributed by atoms with Crippen LogP contribution >= 0.6 is 0 Å². The molecule has 1 atom stereocenters. The van der Waals surface area contributed by atoms with Crippen molar-refractivity contribution in [2.45, 2.75) is 24.2 Å². The number of sulfone groups is 1. The molecule has 1 aromatic carbocycles. The first-order valence-electron chi connectivity index (χ1n) is 5.08. The van der Waals surface area contributed by atoms with E-state index in [-0.39, 0.29) is 11.7 Å². The van der Waals surface area contributed by atoms with Crippen molar-refractivity contribution in [3.05, 3.63) is 29.3 Å². The molecule has 1 heterocycles. The highest BCUT2D eigenvalue weighted by atomic mass is 32.2. The minimum absolute atomic E-state index is 0.198. The van der Waals surface area contributed by atoms with E-state index in [0.29, 0.717) is 17.9 Å². The van der Waals surface area contributed by atoms with Crippen molar-refractivity contribution in [3.8, 4) is 0 Å². The number of rotatable bonds is 1. The second-order valence-corrected chi connectivity index (χ2v) is 6.08. The van der Waals surface area contributed by atoms with Gasteiger partial charge in [-0.25, -0.2) is 8.42 Å². The number of aryl methyl sites for hydroxylation is 1. The molecule has 4 heteroatoms. The molecule has 1 aliphatic rings. The van der Waals surface area contributed by atoms with Crippen LogP contribution in [0, 0.1) is 6.92 Å². The van der Waals surface area contributed by atoms with Gasteiger partial charge in [-0.1, -0.05) is 18.2 Å². The van der Waals surface area contributed by atoms with E-state index in [0.717, 1.165) is 11.1 Å². The minimum atomic E-state index is -3.07. The minimum Gasteiger partial charge on any atom is -0.330 e. The Morgan fingerprint density at radius 1 is 1.47 bits per heavy atom. The SMILES string of the molecule is Cc1cccc2c1S(=O)(=O)CCC2CN. The van der Waals surface area contributed by atoms with Crippen LogP contribution in [-0.2, 0) is 9.84 Å². The standard InChI is InChI=1S/C11H15NO2S/c1-8-3-2-4-10-9(7-12)5-6-15(13,14)11(8)10/h2-4,9H,5-7,12H2,1H3. The number of nitrogens with two attached hydrogens (primary N) is 1. The van der Waals surface area contributed by atoms with E-state index in [9.17, 15) is 8.42 Å². The van der Waals surface area contributed by atoms with Gasteiger partial charge < -0.3 is 5.73 Å². The lowest BCUT2D eigenvalue weighted by Crippen LogP contribution is -2.25. The van der Waals surface area contributed by atoms with Crippen molar-refractivity contribution >= 4 is 9.84 Å². The topological polar surface area (TPSA) is 60.2 Å². The Labute approximate surface area is 90.2 Å². The molecule has 2 N–H and O–H groups in total. The maximum atomic E-state index is 11.9. The van der Waals surface area contributed by atoms with E-state index in [4.69, 9.17) is 5.73 Å². The lowest BCUT2D eigenvalue weighted by Gasteiger charge is -2.25. The van der Waals surface area contributed by atoms with E-state index in [1.807, 2.05) is 25.1 Å². The van der Waals surface area contributed by atoms with Crippen LogP contribution in [0.2, 0.25) is 0 Å². The summed E-state index contributed by atoms with van der Waals surface area (Å²) in [4.78, 5) is 0.520. The molecule has 3 nitrogen and oxygen atoms in total. The summed E-state index contributed by atoms with van der Waals surface area (Å²) in [5.74, 6) is 0.427. The predicted octanol–water partition coefficient (Wildman–Crippen LogP) is 1.21. The highest BCUT2D eigenvalue weighted by Gasteiger charge is 2.30. The van der Waals surface area contributed by atoms with Crippen LogP contribution in [0.1, 0.15) is 23.5 Å². The van der Waals surface area contributed by atoms with Gasteiger partial charge in [0.1, 0.15) is 0 Å². The number of benzene rings is 1. The van der Waals surface area contributed by atoms with Crippen LogP contribution < -0.4 is 5.73 Å². The van der Waals surface area contributed by atoms with Crippen molar-refractivity contribution in [1.29, 1.82) is 0 Å². The molecule has 0 saturated carbocycles. The average Bonchev–Trinajstić information content (AvgIpc) is 2.17. The molecule has 0 bridgehead atoms. The fourth-order valence-electron chi connectivity index (χ4n) is 2.22. The number of fused-ring (bicyclic) bond motifs is 1. The highest BCUT2D eigenvalue weighted by Crippen LogP contribution is 2.34. The Hall–Kier alpha value is -0.870. The molecule has 0 spiro atoms. The van der Waals surface area contributed by atoms with Crippen LogP contribution in [0.4, 0.5) is 0 Å². The number of hydrogen-bond acceptors (Lipinski definition) is 3. The maximum Gasteiger partial charge on any atom is 0.178 e. The Morgan fingerprint density at radius 3 is 2.87 bits per heavy atom. The molecule has 2 rings (SSSR count). The van der Waals surface area contributed by atoms with Gasteiger partial charge in [0.2, 0.25) is 0 Å². The van der Waals surface area contributed by atoms with Crippen molar-refractivity contribution in [1.82, 2.24) is 0 Å². The van der Waals surface area contributed by atoms with Gasteiger partial charge >= 0.3 is 0 Å². The summed E-state index contributed by atoms with van der Waals surface area (Å²) < 4.78 is 23.8. The molecule has 1 aromatic rings. The Kier molecular flexibility index (Phi) is 2.56. The van der Waals surface area contributed by atoms with Crippen LogP contribution in [0.25, 0.3) is 0 Å². The van der Waals surface area contributed by atoms with Gasteiger partial charge in [-0.3, -0.25) is 0 Å². The molecule has 0 fully saturated rings. The van der Waals surface area contributed by atoms with Crippen LogP contribution in [0.3, 0.4) is 0 Å². The zero-order chi connectivity index (χ0) is 11.1. The lowest BCUT2D eigenvalue weighted by atomic mass is 9.94. The first-order valence-corrected chi connectivity index (χ1v) is 6.74. The van der Waals surface area contributed by atoms with Crippen molar-refractivity contribution in [3.63, 3.8) is 0 Å². The van der Waals surface area contributed by atoms with Gasteiger partial charge in [0, 0.05) is 0 Å². The number of hydrogen-bond donors (Lipinski definition) is 1. The van der Waals surface area contributed by atoms with Gasteiger partial charge in [-0.15, -0.1) is 0 Å². The quantitative estimate of drug-likeness (QED) is 0.781. The van der Waals surface area contributed by atoms with E-state index in [2.05, 4.69) is 0 Å². The zero-order valence-electron chi connectivity index (χ0n) is 8.73. The van der Waals surface area contributed by atoms with E-state index >= 15 is 0 Å². The maximum absolute atomic E-state index is 11.9. The third kappa shape index (κ3) is 1.68. The molecule has 0 aliphatic carbocycles. The first kappa shape index (κ1) is 10.6.